The normalized spacial score (nSPS) is 10.9. The van der Waals surface area contributed by atoms with Crippen LogP contribution in [0.1, 0.15) is 0 Å². The summed E-state index contributed by atoms with van der Waals surface area (Å²) in [7, 11) is 0. The highest BCUT2D eigenvalue weighted by atomic mass is 35.5. The maximum atomic E-state index is 13.6. The van der Waals surface area contributed by atoms with Gasteiger partial charge in [-0.05, 0) is 18.2 Å². The van der Waals surface area contributed by atoms with E-state index in [1.165, 1.54) is 17.4 Å². The Morgan fingerprint density at radius 3 is 2.65 bits per heavy atom. The van der Waals surface area contributed by atoms with E-state index in [9.17, 15) is 4.39 Å². The van der Waals surface area contributed by atoms with Crippen LogP contribution in [0.2, 0.25) is 5.02 Å². The van der Waals surface area contributed by atoms with Crippen molar-refractivity contribution in [3.05, 3.63) is 53.3 Å². The highest BCUT2D eigenvalue weighted by molar-refractivity contribution is 7.21. The Hall–Kier alpha value is -1.45. The molecule has 0 aliphatic carbocycles. The molecule has 84 valence electrons. The molecule has 0 fully saturated rings. The van der Waals surface area contributed by atoms with Crippen molar-refractivity contribution in [1.82, 2.24) is 4.98 Å². The summed E-state index contributed by atoms with van der Waals surface area (Å²) >= 11 is 7.42. The predicted molar refractivity (Wildman–Crippen MR) is 70.0 cm³/mol. The van der Waals surface area contributed by atoms with E-state index in [-0.39, 0.29) is 5.82 Å². The predicted octanol–water partition coefficient (Wildman–Crippen LogP) is 4.76. The lowest BCUT2D eigenvalue weighted by molar-refractivity contribution is 0.641. The minimum atomic E-state index is -0.238. The van der Waals surface area contributed by atoms with Crippen LogP contribution < -0.4 is 0 Å². The van der Waals surface area contributed by atoms with Gasteiger partial charge in [0.25, 0.3) is 0 Å². The second-order valence-electron chi connectivity index (χ2n) is 3.59. The Labute approximate surface area is 106 Å². The van der Waals surface area contributed by atoms with E-state index in [1.807, 2.05) is 18.2 Å². The van der Waals surface area contributed by atoms with Gasteiger partial charge in [0.15, 0.2) is 0 Å². The lowest BCUT2D eigenvalue weighted by Gasteiger charge is -1.97. The summed E-state index contributed by atoms with van der Waals surface area (Å²) in [5, 5.41) is 1.38. The third kappa shape index (κ3) is 1.81. The van der Waals surface area contributed by atoms with Crippen LogP contribution in [0.3, 0.4) is 0 Å². The van der Waals surface area contributed by atoms with E-state index in [4.69, 9.17) is 11.6 Å². The van der Waals surface area contributed by atoms with Crippen molar-refractivity contribution in [3.8, 4) is 10.6 Å². The van der Waals surface area contributed by atoms with Crippen LogP contribution in [-0.2, 0) is 0 Å². The minimum Gasteiger partial charge on any atom is -0.236 e. The maximum Gasteiger partial charge on any atom is 0.142 e. The highest BCUT2D eigenvalue weighted by Crippen LogP contribution is 2.34. The largest absolute Gasteiger partial charge is 0.236 e. The second kappa shape index (κ2) is 4.09. The lowest BCUT2D eigenvalue weighted by atomic mass is 10.2. The third-order valence-electron chi connectivity index (χ3n) is 2.47. The fourth-order valence-corrected chi connectivity index (χ4v) is 2.96. The van der Waals surface area contributed by atoms with E-state index in [0.717, 1.165) is 10.6 Å². The lowest BCUT2D eigenvalue weighted by Crippen LogP contribution is -1.76. The van der Waals surface area contributed by atoms with Crippen molar-refractivity contribution in [2.24, 2.45) is 0 Å². The average Bonchev–Trinajstić information content (AvgIpc) is 2.75. The number of thiazole rings is 1. The molecule has 0 aliphatic heterocycles. The van der Waals surface area contributed by atoms with Crippen molar-refractivity contribution in [1.29, 1.82) is 0 Å². The van der Waals surface area contributed by atoms with Gasteiger partial charge in [-0.25, -0.2) is 9.37 Å². The Morgan fingerprint density at radius 2 is 1.88 bits per heavy atom. The fourth-order valence-electron chi connectivity index (χ4n) is 1.67. The molecule has 4 heteroatoms. The molecule has 0 atom stereocenters. The molecule has 1 heterocycles. The van der Waals surface area contributed by atoms with Gasteiger partial charge in [0, 0.05) is 5.56 Å². The monoisotopic (exact) mass is 263 g/mol. The summed E-state index contributed by atoms with van der Waals surface area (Å²) in [6, 6.07) is 12.3. The van der Waals surface area contributed by atoms with Crippen molar-refractivity contribution < 1.29 is 4.39 Å². The number of hydrogen-bond acceptors (Lipinski definition) is 2. The molecule has 0 amide bonds. The average molecular weight is 264 g/mol. The van der Waals surface area contributed by atoms with E-state index >= 15 is 0 Å². The number of halogens is 2. The van der Waals surface area contributed by atoms with Gasteiger partial charge < -0.3 is 0 Å². The number of fused-ring (bicyclic) bond motifs is 1. The molecule has 0 spiro atoms. The molecule has 0 bridgehead atoms. The highest BCUT2D eigenvalue weighted by Gasteiger charge is 2.11. The van der Waals surface area contributed by atoms with Gasteiger partial charge in [-0.15, -0.1) is 11.3 Å². The molecular weight excluding hydrogens is 257 g/mol. The van der Waals surface area contributed by atoms with Crippen LogP contribution in [0.25, 0.3) is 20.8 Å². The molecular formula is C13H7ClFNS. The zero-order valence-electron chi connectivity index (χ0n) is 8.65. The summed E-state index contributed by atoms with van der Waals surface area (Å²) in [5.74, 6) is -0.238. The third-order valence-corrected chi connectivity index (χ3v) is 3.91. The van der Waals surface area contributed by atoms with Crippen LogP contribution in [0.15, 0.2) is 42.5 Å². The summed E-state index contributed by atoms with van der Waals surface area (Å²) in [6.45, 7) is 0. The van der Waals surface area contributed by atoms with Gasteiger partial charge in [-0.3, -0.25) is 0 Å². The molecule has 2 aromatic carbocycles. The van der Waals surface area contributed by atoms with Crippen LogP contribution in [-0.4, -0.2) is 4.98 Å². The van der Waals surface area contributed by atoms with Gasteiger partial charge in [-0.1, -0.05) is 35.9 Å². The van der Waals surface area contributed by atoms with Crippen LogP contribution in [0.5, 0.6) is 0 Å². The Balaban J connectivity index is 2.26. The molecule has 0 unspecified atom stereocenters. The number of benzene rings is 2. The molecule has 3 rings (SSSR count). The van der Waals surface area contributed by atoms with Gasteiger partial charge >= 0.3 is 0 Å². The first-order chi connectivity index (χ1) is 8.25. The Morgan fingerprint density at radius 1 is 1.06 bits per heavy atom. The van der Waals surface area contributed by atoms with Crippen LogP contribution >= 0.6 is 22.9 Å². The first kappa shape index (κ1) is 10.7. The Kier molecular flexibility index (Phi) is 2.57. The fraction of sp³-hybridized carbons (Fsp3) is 0. The first-order valence-electron chi connectivity index (χ1n) is 5.05. The van der Waals surface area contributed by atoms with Crippen molar-refractivity contribution in [2.75, 3.05) is 0 Å². The number of nitrogens with zero attached hydrogens (tertiary/aromatic N) is 1. The summed E-state index contributed by atoms with van der Waals surface area (Å²) < 4.78 is 14.1. The molecule has 17 heavy (non-hydrogen) atoms. The summed E-state index contributed by atoms with van der Waals surface area (Å²) in [5.41, 5.74) is 1.51. The quantitative estimate of drug-likeness (QED) is 0.617. The van der Waals surface area contributed by atoms with Crippen molar-refractivity contribution >= 4 is 33.2 Å². The van der Waals surface area contributed by atoms with Crippen molar-refractivity contribution in [3.63, 3.8) is 0 Å². The van der Waals surface area contributed by atoms with Gasteiger partial charge in [0.2, 0.25) is 0 Å². The molecule has 0 saturated heterocycles. The van der Waals surface area contributed by atoms with E-state index < -0.39 is 0 Å². The summed E-state index contributed by atoms with van der Waals surface area (Å²) in [4.78, 5) is 4.40. The van der Waals surface area contributed by atoms with Crippen LogP contribution in [0.4, 0.5) is 4.39 Å². The molecule has 1 nitrogen and oxygen atoms in total. The number of aromatic nitrogens is 1. The molecule has 0 saturated carbocycles. The number of rotatable bonds is 1. The Bertz CT molecular complexity index is 693. The second-order valence-corrected chi connectivity index (χ2v) is 4.99. The molecule has 1 aromatic heterocycles. The standard InChI is InChI=1S/C13H7ClFNS/c14-9-5-2-1-4-8(9)13-16-11-7-3-6-10(15)12(11)17-13/h1-7H. The summed E-state index contributed by atoms with van der Waals surface area (Å²) in [6.07, 6.45) is 0. The van der Waals surface area contributed by atoms with E-state index in [1.54, 1.807) is 18.2 Å². The van der Waals surface area contributed by atoms with E-state index in [0.29, 0.717) is 15.2 Å². The zero-order valence-corrected chi connectivity index (χ0v) is 10.2. The molecule has 0 radical (unpaired) electrons. The smallest absolute Gasteiger partial charge is 0.142 e. The van der Waals surface area contributed by atoms with Gasteiger partial charge in [-0.2, -0.15) is 0 Å². The molecule has 0 N–H and O–H groups in total. The molecule has 3 aromatic rings. The van der Waals surface area contributed by atoms with Gasteiger partial charge in [0.05, 0.1) is 15.2 Å². The van der Waals surface area contributed by atoms with Crippen LogP contribution in [0, 0.1) is 5.82 Å². The minimum absolute atomic E-state index is 0.238. The first-order valence-corrected chi connectivity index (χ1v) is 6.25. The topological polar surface area (TPSA) is 12.9 Å². The SMILES string of the molecule is Fc1cccc2nc(-c3ccccc3Cl)sc12. The number of hydrogen-bond donors (Lipinski definition) is 0. The zero-order chi connectivity index (χ0) is 11.8. The van der Waals surface area contributed by atoms with Crippen molar-refractivity contribution in [2.45, 2.75) is 0 Å². The maximum absolute atomic E-state index is 13.6. The van der Waals surface area contributed by atoms with Gasteiger partial charge in [0.1, 0.15) is 10.8 Å². The van der Waals surface area contributed by atoms with E-state index in [2.05, 4.69) is 4.98 Å². The molecule has 0 aliphatic rings.